The Balaban J connectivity index is 1.47. The van der Waals surface area contributed by atoms with Crippen LogP contribution in [0.5, 0.6) is 5.75 Å². The van der Waals surface area contributed by atoms with Crippen LogP contribution >= 0.6 is 11.6 Å². The number of fused-ring (bicyclic) bond motifs is 1. The first kappa shape index (κ1) is 22.7. The molecule has 3 aromatic rings. The highest BCUT2D eigenvalue weighted by Gasteiger charge is 2.28. The number of benzene rings is 1. The molecule has 178 valence electrons. The molecule has 1 aromatic carbocycles. The summed E-state index contributed by atoms with van der Waals surface area (Å²) < 4.78 is 7.41. The molecule has 9 heteroatoms. The van der Waals surface area contributed by atoms with E-state index in [0.717, 1.165) is 55.4 Å². The van der Waals surface area contributed by atoms with E-state index in [0.29, 0.717) is 23.2 Å². The molecule has 1 aliphatic carbocycles. The maximum atomic E-state index is 13.0. The topological polar surface area (TPSA) is 89.3 Å². The van der Waals surface area contributed by atoms with Gasteiger partial charge in [-0.3, -0.25) is 9.59 Å². The Hall–Kier alpha value is -3.13. The quantitative estimate of drug-likeness (QED) is 0.490. The van der Waals surface area contributed by atoms with E-state index in [1.54, 1.807) is 23.8 Å². The van der Waals surface area contributed by atoms with E-state index in [2.05, 4.69) is 20.2 Å². The third kappa shape index (κ3) is 4.73. The van der Waals surface area contributed by atoms with Gasteiger partial charge in [0.1, 0.15) is 11.6 Å². The summed E-state index contributed by atoms with van der Waals surface area (Å²) in [5, 5.41) is 4.59. The Morgan fingerprint density at radius 3 is 2.74 bits per heavy atom. The van der Waals surface area contributed by atoms with Crippen molar-refractivity contribution < 1.29 is 9.53 Å². The number of nitrogens with zero attached hydrogens (tertiary/aromatic N) is 4. The number of ether oxygens (including phenoxy) is 1. The Bertz CT molecular complexity index is 1280. The first-order chi connectivity index (χ1) is 16.5. The maximum absolute atomic E-state index is 13.0. The molecule has 0 bridgehead atoms. The molecule has 2 aromatic heterocycles. The van der Waals surface area contributed by atoms with Gasteiger partial charge >= 0.3 is 0 Å². The van der Waals surface area contributed by atoms with Gasteiger partial charge in [0.05, 0.1) is 11.7 Å². The number of hydrogen-bond acceptors (Lipinski definition) is 7. The lowest BCUT2D eigenvalue weighted by Crippen LogP contribution is -2.31. The van der Waals surface area contributed by atoms with Crippen molar-refractivity contribution in [1.82, 2.24) is 14.5 Å². The first-order valence-corrected chi connectivity index (χ1v) is 12.3. The number of piperidine rings is 1. The van der Waals surface area contributed by atoms with Gasteiger partial charge in [0.15, 0.2) is 17.4 Å². The zero-order valence-corrected chi connectivity index (χ0v) is 20.0. The van der Waals surface area contributed by atoms with Gasteiger partial charge in [-0.1, -0.05) is 18.5 Å². The summed E-state index contributed by atoms with van der Waals surface area (Å²) in [4.78, 5) is 36.1. The van der Waals surface area contributed by atoms with Crippen molar-refractivity contribution in [2.75, 3.05) is 29.9 Å². The second-order valence-electron chi connectivity index (χ2n) is 8.91. The van der Waals surface area contributed by atoms with Gasteiger partial charge in [0.2, 0.25) is 5.95 Å². The van der Waals surface area contributed by atoms with Crippen molar-refractivity contribution in [3.8, 4) is 5.75 Å². The lowest BCUT2D eigenvalue weighted by atomic mass is 10.1. The Labute approximate surface area is 202 Å². The van der Waals surface area contributed by atoms with Crippen LogP contribution in [0.15, 0.2) is 35.3 Å². The Kier molecular flexibility index (Phi) is 6.41. The van der Waals surface area contributed by atoms with Crippen molar-refractivity contribution in [3.05, 3.63) is 45.8 Å². The lowest BCUT2D eigenvalue weighted by Gasteiger charge is -2.26. The average Bonchev–Trinajstić information content (AvgIpc) is 3.69. The average molecular weight is 482 g/mol. The Morgan fingerprint density at radius 2 is 2.00 bits per heavy atom. The number of carbonyl (C=O) groups excluding carboxylic acids is 1. The minimum Gasteiger partial charge on any atom is -0.480 e. The smallest absolute Gasteiger partial charge is 0.293 e. The molecule has 3 heterocycles. The third-order valence-corrected chi connectivity index (χ3v) is 6.61. The molecule has 1 N–H and O–H groups in total. The zero-order chi connectivity index (χ0) is 23.7. The van der Waals surface area contributed by atoms with Crippen LogP contribution in [-0.2, 0) is 4.79 Å². The molecule has 0 spiro atoms. The van der Waals surface area contributed by atoms with Gasteiger partial charge in [-0.2, -0.15) is 4.98 Å². The maximum Gasteiger partial charge on any atom is 0.293 e. The summed E-state index contributed by atoms with van der Waals surface area (Å²) in [6.07, 6.45) is 7.43. The molecular formula is C25H28ClN5O3. The van der Waals surface area contributed by atoms with E-state index in [4.69, 9.17) is 16.3 Å². The molecule has 8 nitrogen and oxygen atoms in total. The zero-order valence-electron chi connectivity index (χ0n) is 19.2. The molecule has 2 aliphatic rings. The van der Waals surface area contributed by atoms with Crippen LogP contribution in [0.4, 0.5) is 17.5 Å². The molecule has 0 atom stereocenters. The minimum absolute atomic E-state index is 0.0456. The summed E-state index contributed by atoms with van der Waals surface area (Å²) >= 11 is 6.41. The molecule has 0 radical (unpaired) electrons. The number of nitrogens with one attached hydrogen (secondary N) is 1. The summed E-state index contributed by atoms with van der Waals surface area (Å²) in [6, 6.07) is 7.68. The molecular weight excluding hydrogens is 454 g/mol. The fourth-order valence-corrected chi connectivity index (χ4v) is 4.42. The number of carbonyl (C=O) groups is 1. The van der Waals surface area contributed by atoms with Gasteiger partial charge in [0.25, 0.3) is 5.56 Å². The highest BCUT2D eigenvalue weighted by molar-refractivity contribution is 6.32. The monoisotopic (exact) mass is 481 g/mol. The van der Waals surface area contributed by atoms with Gasteiger partial charge in [0, 0.05) is 36.6 Å². The molecule has 1 saturated carbocycles. The van der Waals surface area contributed by atoms with Crippen LogP contribution in [0.25, 0.3) is 10.9 Å². The Morgan fingerprint density at radius 1 is 1.21 bits per heavy atom. The molecule has 0 amide bonds. The molecule has 1 saturated heterocycles. The van der Waals surface area contributed by atoms with Crippen molar-refractivity contribution >= 4 is 45.7 Å². The van der Waals surface area contributed by atoms with E-state index >= 15 is 0 Å². The summed E-state index contributed by atoms with van der Waals surface area (Å²) in [6.45, 7) is 3.56. The molecule has 0 unspecified atom stereocenters. The van der Waals surface area contributed by atoms with Crippen molar-refractivity contribution in [2.24, 2.45) is 0 Å². The summed E-state index contributed by atoms with van der Waals surface area (Å²) in [5.74, 6) is 1.37. The van der Waals surface area contributed by atoms with Crippen molar-refractivity contribution in [3.63, 3.8) is 0 Å². The number of rotatable bonds is 8. The number of Topliss-reactive ketones (excluding diaryl/α,β-unsaturated/α-hetero) is 1. The van der Waals surface area contributed by atoms with Gasteiger partial charge < -0.3 is 19.5 Å². The predicted octanol–water partition coefficient (Wildman–Crippen LogP) is 4.87. The molecule has 2 fully saturated rings. The van der Waals surface area contributed by atoms with E-state index < -0.39 is 0 Å². The van der Waals surface area contributed by atoms with Crippen LogP contribution in [-0.4, -0.2) is 40.0 Å². The number of ketones is 1. The number of halogens is 1. The van der Waals surface area contributed by atoms with Crippen LogP contribution in [0.3, 0.4) is 0 Å². The highest BCUT2D eigenvalue weighted by atomic mass is 35.5. The van der Waals surface area contributed by atoms with Crippen LogP contribution in [0.1, 0.15) is 51.5 Å². The van der Waals surface area contributed by atoms with E-state index in [1.165, 1.54) is 6.42 Å². The summed E-state index contributed by atoms with van der Waals surface area (Å²) in [5.41, 5.74) is 1.44. The van der Waals surface area contributed by atoms with Gasteiger partial charge in [-0.05, 0) is 56.4 Å². The standard InChI is InChI=1S/C25H28ClN5O3/c1-2-19(32)15-34-22-13-16-12-17(6-9-21(16)31(24(22)33)18-7-8-18)28-23-20(26)14-27-25(29-23)30-10-4-3-5-11-30/h6,9,12-14,18H,2-5,7-8,10-11,15H2,1H3,(H,27,28,29). The van der Waals surface area contributed by atoms with E-state index in [9.17, 15) is 9.59 Å². The van der Waals surface area contributed by atoms with Crippen LogP contribution < -0.4 is 20.5 Å². The largest absolute Gasteiger partial charge is 0.480 e. The van der Waals surface area contributed by atoms with Crippen molar-refractivity contribution in [2.45, 2.75) is 51.5 Å². The van der Waals surface area contributed by atoms with E-state index in [-0.39, 0.29) is 29.7 Å². The van der Waals surface area contributed by atoms with Crippen molar-refractivity contribution in [1.29, 1.82) is 0 Å². The van der Waals surface area contributed by atoms with Crippen LogP contribution in [0.2, 0.25) is 5.02 Å². The number of pyridine rings is 1. The van der Waals surface area contributed by atoms with Gasteiger partial charge in [-0.15, -0.1) is 0 Å². The normalized spacial score (nSPS) is 16.0. The first-order valence-electron chi connectivity index (χ1n) is 11.9. The SMILES string of the molecule is CCC(=O)COc1cc2cc(Nc3nc(N4CCCCC4)ncc3Cl)ccc2n(C2CC2)c1=O. The molecule has 34 heavy (non-hydrogen) atoms. The summed E-state index contributed by atoms with van der Waals surface area (Å²) in [7, 11) is 0. The van der Waals surface area contributed by atoms with Gasteiger partial charge in [-0.25, -0.2) is 4.98 Å². The predicted molar refractivity (Wildman–Crippen MR) is 134 cm³/mol. The number of anilines is 3. The van der Waals surface area contributed by atoms with E-state index in [1.807, 2.05) is 18.2 Å². The highest BCUT2D eigenvalue weighted by Crippen LogP contribution is 2.37. The molecule has 1 aliphatic heterocycles. The molecule has 5 rings (SSSR count). The minimum atomic E-state index is -0.190. The second-order valence-corrected chi connectivity index (χ2v) is 9.32. The fraction of sp³-hybridized carbons (Fsp3) is 0.440. The fourth-order valence-electron chi connectivity index (χ4n) is 4.29. The lowest BCUT2D eigenvalue weighted by molar-refractivity contribution is -0.120. The third-order valence-electron chi connectivity index (χ3n) is 6.33. The number of hydrogen-bond donors (Lipinski definition) is 1. The van der Waals surface area contributed by atoms with Crippen LogP contribution in [0, 0.1) is 0 Å². The number of aromatic nitrogens is 3. The second kappa shape index (κ2) is 9.62.